The molecule has 24 heavy (non-hydrogen) atoms. The summed E-state index contributed by atoms with van der Waals surface area (Å²) in [5.74, 6) is 0.666. The van der Waals surface area contributed by atoms with Crippen LogP contribution in [-0.4, -0.2) is 46.4 Å². The van der Waals surface area contributed by atoms with E-state index in [1.807, 2.05) is 25.2 Å². The first-order valence-electron chi connectivity index (χ1n) is 8.49. The van der Waals surface area contributed by atoms with Gasteiger partial charge in [0.1, 0.15) is 0 Å². The van der Waals surface area contributed by atoms with Crippen molar-refractivity contribution in [3.8, 4) is 0 Å². The summed E-state index contributed by atoms with van der Waals surface area (Å²) >= 11 is 1.51. The molecule has 4 rings (SSSR count). The minimum atomic E-state index is 0.0378. The molecule has 2 aromatic heterocycles. The van der Waals surface area contributed by atoms with Crippen LogP contribution in [0.15, 0.2) is 16.4 Å². The predicted molar refractivity (Wildman–Crippen MR) is 95.8 cm³/mol. The maximum absolute atomic E-state index is 12.5. The smallest absolute Gasteiger partial charge is 0.255 e. The zero-order chi connectivity index (χ0) is 16.7. The van der Waals surface area contributed by atoms with E-state index in [1.54, 1.807) is 0 Å². The lowest BCUT2D eigenvalue weighted by molar-refractivity contribution is 0.137. The number of nitrogens with one attached hydrogen (secondary N) is 1. The number of hydrogen-bond donors (Lipinski definition) is 1. The second-order valence-electron chi connectivity index (χ2n) is 7.24. The first kappa shape index (κ1) is 15.8. The SMILES string of the molecule is CN(C)c1nc2c(c(=O)[nH]1)CCC21CCCN(Cc2cnsc2)C1. The van der Waals surface area contributed by atoms with Crippen LogP contribution >= 0.6 is 11.5 Å². The lowest BCUT2D eigenvalue weighted by Crippen LogP contribution is -2.45. The summed E-state index contributed by atoms with van der Waals surface area (Å²) in [5, 5.41) is 2.12. The van der Waals surface area contributed by atoms with Crippen LogP contribution in [-0.2, 0) is 18.4 Å². The highest BCUT2D eigenvalue weighted by Crippen LogP contribution is 2.43. The van der Waals surface area contributed by atoms with Gasteiger partial charge in [-0.3, -0.25) is 14.7 Å². The number of rotatable bonds is 3. The fourth-order valence-corrected chi connectivity index (χ4v) is 4.70. The number of piperidine rings is 1. The van der Waals surface area contributed by atoms with Crippen molar-refractivity contribution in [3.63, 3.8) is 0 Å². The largest absolute Gasteiger partial charge is 0.348 e. The van der Waals surface area contributed by atoms with Crippen LogP contribution in [0.5, 0.6) is 0 Å². The van der Waals surface area contributed by atoms with Crippen LogP contribution in [0, 0.1) is 0 Å². The van der Waals surface area contributed by atoms with Gasteiger partial charge in [-0.05, 0) is 49.3 Å². The molecular formula is C17H23N5OS. The first-order valence-corrected chi connectivity index (χ1v) is 9.33. The fourth-order valence-electron chi connectivity index (χ4n) is 4.17. The Hall–Kier alpha value is -1.73. The van der Waals surface area contributed by atoms with Gasteiger partial charge in [0, 0.05) is 49.7 Å². The molecule has 1 aliphatic carbocycles. The van der Waals surface area contributed by atoms with Crippen molar-refractivity contribution in [1.82, 2.24) is 19.2 Å². The van der Waals surface area contributed by atoms with E-state index in [4.69, 9.17) is 4.98 Å². The molecule has 1 aliphatic heterocycles. The fraction of sp³-hybridized carbons (Fsp3) is 0.588. The summed E-state index contributed by atoms with van der Waals surface area (Å²) < 4.78 is 4.21. The Labute approximate surface area is 145 Å². The zero-order valence-electron chi connectivity index (χ0n) is 14.2. The van der Waals surface area contributed by atoms with Gasteiger partial charge in [0.2, 0.25) is 5.95 Å². The number of aromatic nitrogens is 3. The van der Waals surface area contributed by atoms with Crippen LogP contribution in [0.3, 0.4) is 0 Å². The maximum Gasteiger partial charge on any atom is 0.255 e. The third-order valence-corrected chi connectivity index (χ3v) is 5.96. The highest BCUT2D eigenvalue weighted by Gasteiger charge is 2.44. The minimum Gasteiger partial charge on any atom is -0.348 e. The average Bonchev–Trinajstić information content (AvgIpc) is 3.17. The summed E-state index contributed by atoms with van der Waals surface area (Å²) in [6, 6.07) is 0. The highest BCUT2D eigenvalue weighted by molar-refractivity contribution is 7.03. The van der Waals surface area contributed by atoms with E-state index >= 15 is 0 Å². The van der Waals surface area contributed by atoms with Gasteiger partial charge in [-0.15, -0.1) is 0 Å². The van der Waals surface area contributed by atoms with Gasteiger partial charge in [0.25, 0.3) is 5.56 Å². The third-order valence-electron chi connectivity index (χ3n) is 5.33. The highest BCUT2D eigenvalue weighted by atomic mass is 32.1. The molecule has 1 saturated heterocycles. The van der Waals surface area contributed by atoms with Gasteiger partial charge < -0.3 is 4.90 Å². The Morgan fingerprint density at radius 2 is 2.29 bits per heavy atom. The molecule has 3 heterocycles. The molecule has 7 heteroatoms. The number of aromatic amines is 1. The van der Waals surface area contributed by atoms with Crippen LogP contribution in [0.25, 0.3) is 0 Å². The molecule has 1 N–H and O–H groups in total. The van der Waals surface area contributed by atoms with Crippen LogP contribution in [0.4, 0.5) is 5.95 Å². The monoisotopic (exact) mass is 345 g/mol. The van der Waals surface area contributed by atoms with Crippen LogP contribution in [0.2, 0.25) is 0 Å². The first-order chi connectivity index (χ1) is 11.6. The Morgan fingerprint density at radius 3 is 3.04 bits per heavy atom. The molecule has 0 saturated carbocycles. The number of anilines is 1. The molecule has 0 radical (unpaired) electrons. The lowest BCUT2D eigenvalue weighted by Gasteiger charge is -2.40. The molecule has 0 amide bonds. The Bertz CT molecular complexity index is 785. The second-order valence-corrected chi connectivity index (χ2v) is 7.90. The van der Waals surface area contributed by atoms with Gasteiger partial charge >= 0.3 is 0 Å². The molecule has 0 bridgehead atoms. The minimum absolute atomic E-state index is 0.0378. The van der Waals surface area contributed by atoms with E-state index in [0.717, 1.165) is 56.6 Å². The van der Waals surface area contributed by atoms with Crippen molar-refractivity contribution in [3.05, 3.63) is 38.8 Å². The van der Waals surface area contributed by atoms with Crippen molar-refractivity contribution < 1.29 is 0 Å². The summed E-state index contributed by atoms with van der Waals surface area (Å²) in [4.78, 5) is 24.6. The van der Waals surface area contributed by atoms with Crippen molar-refractivity contribution in [1.29, 1.82) is 0 Å². The van der Waals surface area contributed by atoms with Crippen LogP contribution in [0.1, 0.15) is 36.1 Å². The maximum atomic E-state index is 12.5. The van der Waals surface area contributed by atoms with Gasteiger partial charge in [-0.1, -0.05) is 0 Å². The van der Waals surface area contributed by atoms with Gasteiger partial charge in [-0.25, -0.2) is 9.36 Å². The van der Waals surface area contributed by atoms with Crippen molar-refractivity contribution >= 4 is 17.5 Å². The number of nitrogens with zero attached hydrogens (tertiary/aromatic N) is 4. The molecule has 1 atom stereocenters. The Kier molecular flexibility index (Phi) is 3.92. The normalized spacial score (nSPS) is 23.6. The topological polar surface area (TPSA) is 65.1 Å². The van der Waals surface area contributed by atoms with Gasteiger partial charge in [0.15, 0.2) is 0 Å². The summed E-state index contributed by atoms with van der Waals surface area (Å²) in [6.45, 7) is 3.03. The standard InChI is InChI=1S/C17H23N5OS/c1-21(2)16-19-14-13(15(23)20-16)4-6-17(14)5-3-7-22(11-17)9-12-8-18-24-10-12/h8,10H,3-7,9,11H2,1-2H3,(H,19,20,23). The Morgan fingerprint density at radius 1 is 1.42 bits per heavy atom. The number of likely N-dealkylation sites (tertiary alicyclic amines) is 1. The van der Waals surface area contributed by atoms with Gasteiger partial charge in [0.05, 0.1) is 5.69 Å². The Balaban J connectivity index is 1.66. The van der Waals surface area contributed by atoms with Crippen molar-refractivity contribution in [2.45, 2.75) is 37.6 Å². The average molecular weight is 345 g/mol. The molecule has 2 aromatic rings. The van der Waals surface area contributed by atoms with E-state index in [1.165, 1.54) is 17.1 Å². The number of H-pyrrole nitrogens is 1. The molecule has 128 valence electrons. The van der Waals surface area contributed by atoms with Crippen molar-refractivity contribution in [2.75, 3.05) is 32.1 Å². The second kappa shape index (κ2) is 5.97. The molecule has 6 nitrogen and oxygen atoms in total. The van der Waals surface area contributed by atoms with E-state index in [-0.39, 0.29) is 11.0 Å². The molecule has 2 aliphatic rings. The summed E-state index contributed by atoms with van der Waals surface area (Å²) in [7, 11) is 3.84. The number of fused-ring (bicyclic) bond motifs is 2. The lowest BCUT2D eigenvalue weighted by atomic mass is 9.77. The van der Waals surface area contributed by atoms with E-state index < -0.39 is 0 Å². The molecular weight excluding hydrogens is 322 g/mol. The number of hydrogen-bond acceptors (Lipinski definition) is 6. The van der Waals surface area contributed by atoms with E-state index in [9.17, 15) is 4.79 Å². The van der Waals surface area contributed by atoms with Crippen molar-refractivity contribution in [2.24, 2.45) is 0 Å². The molecule has 1 spiro atoms. The molecule has 1 unspecified atom stereocenters. The quantitative estimate of drug-likeness (QED) is 0.918. The van der Waals surface area contributed by atoms with Crippen LogP contribution < -0.4 is 10.5 Å². The summed E-state index contributed by atoms with van der Waals surface area (Å²) in [5.41, 5.74) is 3.31. The molecule has 0 aromatic carbocycles. The predicted octanol–water partition coefficient (Wildman–Crippen LogP) is 1.77. The third kappa shape index (κ3) is 2.65. The van der Waals surface area contributed by atoms with E-state index in [2.05, 4.69) is 19.6 Å². The van der Waals surface area contributed by atoms with E-state index in [0.29, 0.717) is 5.95 Å². The van der Waals surface area contributed by atoms with Gasteiger partial charge in [-0.2, -0.15) is 0 Å². The zero-order valence-corrected chi connectivity index (χ0v) is 15.0. The molecule has 1 fully saturated rings. The summed E-state index contributed by atoms with van der Waals surface area (Å²) in [6.07, 6.45) is 6.12.